The van der Waals surface area contributed by atoms with E-state index in [1.807, 2.05) is 0 Å². The zero-order valence-corrected chi connectivity index (χ0v) is 48.4. The molecule has 546 valence electrons. The maximum Gasteiger partial charge on any atom is 0.490 e. The Balaban J connectivity index is 0.000000729. The summed E-state index contributed by atoms with van der Waals surface area (Å²) < 4.78 is 157. The number of alkyl halides is 12. The zero-order chi connectivity index (χ0) is 74.0. The predicted molar refractivity (Wildman–Crippen MR) is 285 cm³/mol. The van der Waals surface area contributed by atoms with Crippen molar-refractivity contribution in [3.8, 4) is 0 Å². The molecule has 3 fully saturated rings. The molecule has 97 heavy (non-hydrogen) atoms. The van der Waals surface area contributed by atoms with Gasteiger partial charge in [-0.3, -0.25) is 0 Å². The monoisotopic (exact) mass is 1430 g/mol. The van der Waals surface area contributed by atoms with E-state index < -0.39 is 147 Å². The second-order valence-electron chi connectivity index (χ2n) is 19.5. The number of halogens is 12. The lowest BCUT2D eigenvalue weighted by Gasteiger charge is -2.49. The summed E-state index contributed by atoms with van der Waals surface area (Å²) in [6.07, 6.45) is -34.7. The number of aliphatic hydroxyl groups excluding tert-OH is 7. The SMILES string of the molecule is NC(N)=NCc1cn(C[C@H]2O[C@@H](O[C@H]3[C@H](O)[C@@H](O[C@@H]4O[C@H](CO)[C@@H](O)[C@H](n5cc(CN=C(N)N)nn5)[C@H]4O)[C@H](n4cc(CN=C(N)N)nn4)C[C@@H]3n3cc(CN=C(N)N)nn3)[C@H](O)[C@@H](O)[C@@H]2O)nn1.O=C(O)C(F)(F)F.O=C(O)C(F)(F)F.O=C(O)C(F)(F)F.O=C(O)C(F)(F)F. The maximum absolute atomic E-state index is 12.7. The van der Waals surface area contributed by atoms with Gasteiger partial charge in [-0.2, -0.15) is 52.7 Å². The van der Waals surface area contributed by atoms with E-state index in [9.17, 15) is 88.4 Å². The standard InChI is InChI=1S/C34H56N24O11.4C2HF3O2/c35-31(36)43-2-12-6-55(51-47-12)10-18-22(61)24(63)25(64)30(66-18)69-28-17(57-8-14(49-53-57)4-45-33(39)40)1-16(56-7-13(48-52-56)3-44-32(37)38)27(26(28)65)68-29-23(62)20(21(60)19(11-59)67-29)58-9-15(50-54-58)5-46-34(41)42;4*3-2(4,5)1(6)7/h6-9,16-30,59-65H,1-5,10-11H2,(H4,35,36,43)(H4,37,38,44)(H4,39,40,45)(H4,41,42,46);4*(H,6,7)/t16-,17+,18-,19-,20+,21-,22-,23-,24+,25-,26-,27+,28-,29+,30+;;;;/m1..../s1. The summed E-state index contributed by atoms with van der Waals surface area (Å²) in [5, 5.41) is 141. The highest BCUT2D eigenvalue weighted by atomic mass is 19.4. The molecule has 0 bridgehead atoms. The Morgan fingerprint density at radius 2 is 0.763 bits per heavy atom. The van der Waals surface area contributed by atoms with Crippen LogP contribution in [0.25, 0.3) is 0 Å². The molecule has 3 aliphatic rings. The molecule has 7 rings (SSSR count). The Bertz CT molecular complexity index is 3220. The summed E-state index contributed by atoms with van der Waals surface area (Å²) in [6, 6.07) is -3.54. The van der Waals surface area contributed by atoms with E-state index in [4.69, 9.17) is 104 Å². The van der Waals surface area contributed by atoms with E-state index >= 15 is 0 Å². The van der Waals surface area contributed by atoms with Crippen LogP contribution < -0.4 is 45.9 Å². The van der Waals surface area contributed by atoms with E-state index in [0.717, 1.165) is 4.68 Å². The van der Waals surface area contributed by atoms with Crippen LogP contribution >= 0.6 is 0 Å². The summed E-state index contributed by atoms with van der Waals surface area (Å²) in [7, 11) is 0. The molecule has 1 saturated carbocycles. The first-order valence-electron chi connectivity index (χ1n) is 26.0. The lowest BCUT2D eigenvalue weighted by molar-refractivity contribution is -0.342. The third-order valence-corrected chi connectivity index (χ3v) is 12.3. The fraction of sp³-hybridized carbons (Fsp3) is 0.619. The van der Waals surface area contributed by atoms with Crippen LogP contribution in [0.1, 0.15) is 47.3 Å². The zero-order valence-electron chi connectivity index (χ0n) is 48.4. The van der Waals surface area contributed by atoms with Crippen LogP contribution in [0.2, 0.25) is 0 Å². The molecule has 6 heterocycles. The van der Waals surface area contributed by atoms with Gasteiger partial charge in [0.1, 0.15) is 89.9 Å². The van der Waals surface area contributed by atoms with E-state index in [1.165, 1.54) is 38.8 Å². The number of nitrogens with zero attached hydrogens (tertiary/aromatic N) is 16. The number of rotatable bonds is 18. The van der Waals surface area contributed by atoms with Crippen LogP contribution in [0.4, 0.5) is 52.7 Å². The average molecular weight is 1430 g/mol. The van der Waals surface area contributed by atoms with Crippen LogP contribution in [0.3, 0.4) is 0 Å². The number of hydrogen-bond donors (Lipinski definition) is 19. The van der Waals surface area contributed by atoms with E-state index in [0.29, 0.717) is 5.69 Å². The van der Waals surface area contributed by atoms with Crippen molar-refractivity contribution >= 4 is 47.7 Å². The second kappa shape index (κ2) is 34.8. The Kier molecular flexibility index (Phi) is 29.2. The highest BCUT2D eigenvalue weighted by Gasteiger charge is 2.55. The van der Waals surface area contributed by atoms with Gasteiger partial charge in [-0.1, -0.05) is 20.9 Å². The second-order valence-corrected chi connectivity index (χ2v) is 19.5. The molecule has 43 nitrogen and oxygen atoms in total. The van der Waals surface area contributed by atoms with Gasteiger partial charge in [0.05, 0.1) is 76.2 Å². The molecule has 2 saturated heterocycles. The third kappa shape index (κ3) is 25.1. The van der Waals surface area contributed by atoms with Crippen molar-refractivity contribution in [2.24, 2.45) is 65.8 Å². The minimum atomic E-state index is -5.08. The molecule has 55 heteroatoms. The van der Waals surface area contributed by atoms with Crippen LogP contribution in [0.5, 0.6) is 0 Å². The number of aliphatic hydroxyl groups is 7. The van der Waals surface area contributed by atoms with Gasteiger partial charge in [0.15, 0.2) is 36.4 Å². The summed E-state index contributed by atoms with van der Waals surface area (Å²) in [5.41, 5.74) is 45.2. The van der Waals surface area contributed by atoms with Gasteiger partial charge in [0.2, 0.25) is 0 Å². The topological polar surface area (TPSA) is 708 Å². The van der Waals surface area contributed by atoms with Gasteiger partial charge in [0.25, 0.3) is 0 Å². The first-order valence-corrected chi connectivity index (χ1v) is 26.0. The van der Waals surface area contributed by atoms with Gasteiger partial charge < -0.3 is 121 Å². The molecule has 0 aromatic carbocycles. The lowest BCUT2D eigenvalue weighted by atomic mass is 9.83. The first-order chi connectivity index (χ1) is 44.7. The van der Waals surface area contributed by atoms with Crippen molar-refractivity contribution in [1.29, 1.82) is 0 Å². The molecule has 27 N–H and O–H groups in total. The van der Waals surface area contributed by atoms with Crippen molar-refractivity contribution < 1.29 is 147 Å². The number of nitrogens with two attached hydrogens (primary N) is 8. The Hall–Kier alpha value is -9.76. The number of aromatic nitrogens is 12. The van der Waals surface area contributed by atoms with Gasteiger partial charge >= 0.3 is 48.6 Å². The van der Waals surface area contributed by atoms with Crippen molar-refractivity contribution in [2.45, 2.75) is 156 Å². The normalized spacial score (nSPS) is 25.6. The third-order valence-electron chi connectivity index (χ3n) is 12.3. The molecular formula is C42H60F12N24O19. The van der Waals surface area contributed by atoms with Crippen molar-refractivity contribution in [2.75, 3.05) is 6.61 Å². The summed E-state index contributed by atoms with van der Waals surface area (Å²) >= 11 is 0. The number of ether oxygens (including phenoxy) is 4. The highest BCUT2D eigenvalue weighted by Crippen LogP contribution is 2.43. The minimum Gasteiger partial charge on any atom is -0.475 e. The molecule has 1 aliphatic carbocycles. The van der Waals surface area contributed by atoms with Crippen molar-refractivity contribution in [3.63, 3.8) is 0 Å². The molecule has 2 aliphatic heterocycles. The number of aliphatic carboxylic acids is 4. The van der Waals surface area contributed by atoms with Crippen molar-refractivity contribution in [3.05, 3.63) is 47.6 Å². The number of hydrogen-bond acceptors (Lipinski definition) is 27. The fourth-order valence-electron chi connectivity index (χ4n) is 8.00. The fourth-order valence-corrected chi connectivity index (χ4v) is 8.00. The first kappa shape index (κ1) is 81.5. The van der Waals surface area contributed by atoms with Gasteiger partial charge in [-0.05, 0) is 6.42 Å². The molecule has 0 unspecified atom stereocenters. The molecule has 0 amide bonds. The Labute approximate surface area is 529 Å². The molecule has 0 radical (unpaired) electrons. The number of carboxylic acids is 4. The van der Waals surface area contributed by atoms with Crippen LogP contribution in [-0.2, 0) is 70.8 Å². The largest absolute Gasteiger partial charge is 0.490 e. The molecule has 4 aromatic heterocycles. The highest BCUT2D eigenvalue weighted by molar-refractivity contribution is 5.77. The van der Waals surface area contributed by atoms with Crippen LogP contribution in [0, 0.1) is 0 Å². The van der Waals surface area contributed by atoms with Gasteiger partial charge in [-0.15, -0.1) is 20.4 Å². The number of aliphatic imine (C=N–C) groups is 4. The minimum absolute atomic E-state index is 0.0102. The number of carbonyl (C=O) groups is 4. The number of guanidine groups is 4. The van der Waals surface area contributed by atoms with Crippen LogP contribution in [0.15, 0.2) is 44.8 Å². The summed E-state index contributed by atoms with van der Waals surface area (Å²) in [6.45, 7) is -1.30. The quantitative estimate of drug-likeness (QED) is 0.0250. The smallest absolute Gasteiger partial charge is 0.475 e. The molecule has 15 atom stereocenters. The van der Waals surface area contributed by atoms with E-state index in [-0.39, 0.29) is 80.1 Å². The van der Waals surface area contributed by atoms with E-state index in [2.05, 4.69) is 61.2 Å². The van der Waals surface area contributed by atoms with E-state index in [1.54, 1.807) is 0 Å². The summed E-state index contributed by atoms with van der Waals surface area (Å²) in [5.74, 6) is -11.9. The summed E-state index contributed by atoms with van der Waals surface area (Å²) in [4.78, 5) is 51.3. The average Bonchev–Trinajstić information content (AvgIpc) is 1.73. The molecular weight excluding hydrogens is 1370 g/mol. The van der Waals surface area contributed by atoms with Gasteiger partial charge in [-0.25, -0.2) is 57.9 Å². The molecule has 4 aromatic rings. The lowest BCUT2D eigenvalue weighted by Crippen LogP contribution is -2.63. The van der Waals surface area contributed by atoms with Crippen molar-refractivity contribution in [1.82, 2.24) is 60.0 Å². The maximum atomic E-state index is 12.7. The Morgan fingerprint density at radius 3 is 1.10 bits per heavy atom. The van der Waals surface area contributed by atoms with Crippen LogP contribution in [-0.4, -0.2) is 269 Å². The predicted octanol–water partition coefficient (Wildman–Crippen LogP) is -7.82. The Morgan fingerprint density at radius 1 is 0.454 bits per heavy atom. The molecule has 0 spiro atoms. The number of carboxylic acid groups (broad SMARTS) is 4. The van der Waals surface area contributed by atoms with Gasteiger partial charge in [0, 0.05) is 0 Å².